The van der Waals surface area contributed by atoms with Crippen LogP contribution in [-0.2, 0) is 17.6 Å². The number of nitrogens with one attached hydrogen (secondary N) is 1. The van der Waals surface area contributed by atoms with Crippen molar-refractivity contribution in [1.82, 2.24) is 5.32 Å². The summed E-state index contributed by atoms with van der Waals surface area (Å²) in [4.78, 5) is 0.487. The van der Waals surface area contributed by atoms with E-state index in [1.165, 1.54) is 0 Å². The standard InChI is InChI=1S/C10H15NO2S/c1-8(2)11-7-9-5-3-4-6-10(9)14(12)13/h3-6,8,11H,7H2,1-2H3,(H,12,13). The minimum Gasteiger partial charge on any atom is -0.310 e. The molecule has 1 rings (SSSR count). The molecule has 0 bridgehead atoms. The first-order valence-corrected chi connectivity index (χ1v) is 5.64. The van der Waals surface area contributed by atoms with Crippen molar-refractivity contribution in [3.05, 3.63) is 29.8 Å². The van der Waals surface area contributed by atoms with Crippen LogP contribution in [0.3, 0.4) is 0 Å². The number of hydrogen-bond donors (Lipinski definition) is 2. The molecule has 0 saturated carbocycles. The zero-order valence-corrected chi connectivity index (χ0v) is 9.17. The molecule has 0 fully saturated rings. The van der Waals surface area contributed by atoms with Crippen LogP contribution < -0.4 is 5.32 Å². The second-order valence-corrected chi connectivity index (χ2v) is 4.33. The molecule has 2 N–H and O–H groups in total. The van der Waals surface area contributed by atoms with E-state index in [0.29, 0.717) is 17.5 Å². The minimum absolute atomic E-state index is 0.371. The van der Waals surface area contributed by atoms with Crippen LogP contribution in [0.1, 0.15) is 19.4 Å². The van der Waals surface area contributed by atoms with Crippen molar-refractivity contribution in [2.45, 2.75) is 31.3 Å². The summed E-state index contributed by atoms with van der Waals surface area (Å²) in [6.45, 7) is 4.71. The van der Waals surface area contributed by atoms with Gasteiger partial charge in [-0.15, -0.1) is 0 Å². The molecule has 4 heteroatoms. The van der Waals surface area contributed by atoms with Gasteiger partial charge in [0.15, 0.2) is 11.1 Å². The lowest BCUT2D eigenvalue weighted by Crippen LogP contribution is -2.22. The van der Waals surface area contributed by atoms with E-state index in [-0.39, 0.29) is 0 Å². The van der Waals surface area contributed by atoms with Crippen molar-refractivity contribution < 1.29 is 8.76 Å². The van der Waals surface area contributed by atoms with Crippen molar-refractivity contribution in [2.75, 3.05) is 0 Å². The molecule has 14 heavy (non-hydrogen) atoms. The average molecular weight is 213 g/mol. The lowest BCUT2D eigenvalue weighted by molar-refractivity contribution is 0.556. The third kappa shape index (κ3) is 3.21. The predicted molar refractivity (Wildman–Crippen MR) is 57.5 cm³/mol. The van der Waals surface area contributed by atoms with Gasteiger partial charge in [-0.2, -0.15) is 0 Å². The smallest absolute Gasteiger partial charge is 0.186 e. The summed E-state index contributed by atoms with van der Waals surface area (Å²) in [7, 11) is 0. The van der Waals surface area contributed by atoms with Crippen LogP contribution in [0.5, 0.6) is 0 Å². The van der Waals surface area contributed by atoms with Gasteiger partial charge in [0.1, 0.15) is 0 Å². The first-order chi connectivity index (χ1) is 6.61. The van der Waals surface area contributed by atoms with Crippen molar-refractivity contribution in [2.24, 2.45) is 0 Å². The largest absolute Gasteiger partial charge is 0.310 e. The van der Waals surface area contributed by atoms with Crippen LogP contribution >= 0.6 is 0 Å². The van der Waals surface area contributed by atoms with Gasteiger partial charge in [-0.25, -0.2) is 4.21 Å². The van der Waals surface area contributed by atoms with Gasteiger partial charge in [0.05, 0.1) is 4.90 Å². The van der Waals surface area contributed by atoms with Gasteiger partial charge < -0.3 is 9.87 Å². The molecule has 0 spiro atoms. The number of benzene rings is 1. The Hall–Kier alpha value is -0.710. The third-order valence-electron chi connectivity index (χ3n) is 1.86. The van der Waals surface area contributed by atoms with Gasteiger partial charge in [-0.3, -0.25) is 0 Å². The Morgan fingerprint density at radius 2 is 2.07 bits per heavy atom. The monoisotopic (exact) mass is 213 g/mol. The fraction of sp³-hybridized carbons (Fsp3) is 0.400. The quantitative estimate of drug-likeness (QED) is 0.749. The summed E-state index contributed by atoms with van der Waals surface area (Å²) in [6.07, 6.45) is 0. The van der Waals surface area contributed by atoms with Gasteiger partial charge in [-0.05, 0) is 11.6 Å². The Kier molecular flexibility index (Phi) is 4.25. The Morgan fingerprint density at radius 3 is 2.64 bits per heavy atom. The second-order valence-electron chi connectivity index (χ2n) is 3.39. The Balaban J connectivity index is 2.79. The molecule has 78 valence electrons. The minimum atomic E-state index is -1.90. The maximum absolute atomic E-state index is 10.9. The highest BCUT2D eigenvalue weighted by atomic mass is 32.2. The molecule has 0 radical (unpaired) electrons. The molecule has 0 saturated heterocycles. The molecule has 0 aliphatic rings. The summed E-state index contributed by atoms with van der Waals surface area (Å²) < 4.78 is 20.0. The molecule has 0 aromatic heterocycles. The first kappa shape index (κ1) is 11.4. The molecular formula is C10H15NO2S. The van der Waals surface area contributed by atoms with Gasteiger partial charge in [0.25, 0.3) is 0 Å². The molecule has 0 aliphatic carbocycles. The predicted octanol–water partition coefficient (Wildman–Crippen LogP) is 1.77. The van der Waals surface area contributed by atoms with Crippen molar-refractivity contribution in [1.29, 1.82) is 0 Å². The second kappa shape index (κ2) is 5.24. The van der Waals surface area contributed by atoms with Crippen LogP contribution in [0.4, 0.5) is 0 Å². The zero-order valence-electron chi connectivity index (χ0n) is 8.36. The van der Waals surface area contributed by atoms with Crippen LogP contribution in [0.25, 0.3) is 0 Å². The molecular weight excluding hydrogens is 198 g/mol. The van der Waals surface area contributed by atoms with Gasteiger partial charge in [0, 0.05) is 12.6 Å². The van der Waals surface area contributed by atoms with Crippen LogP contribution in [0.15, 0.2) is 29.2 Å². The Labute approximate surface area is 86.8 Å². The summed E-state index contributed by atoms with van der Waals surface area (Å²) in [6, 6.07) is 7.54. The highest BCUT2D eigenvalue weighted by Gasteiger charge is 2.06. The lowest BCUT2D eigenvalue weighted by atomic mass is 10.2. The van der Waals surface area contributed by atoms with Gasteiger partial charge in [-0.1, -0.05) is 32.0 Å². The van der Waals surface area contributed by atoms with Crippen molar-refractivity contribution in [3.63, 3.8) is 0 Å². The topological polar surface area (TPSA) is 49.3 Å². The van der Waals surface area contributed by atoms with E-state index in [2.05, 4.69) is 5.32 Å². The highest BCUT2D eigenvalue weighted by Crippen LogP contribution is 2.11. The van der Waals surface area contributed by atoms with E-state index < -0.39 is 11.1 Å². The molecule has 1 unspecified atom stereocenters. The molecule has 1 aromatic carbocycles. The van der Waals surface area contributed by atoms with Crippen LogP contribution in [-0.4, -0.2) is 14.8 Å². The fourth-order valence-corrected chi connectivity index (χ4v) is 1.69. The molecule has 3 nitrogen and oxygen atoms in total. The number of rotatable bonds is 4. The molecule has 0 heterocycles. The highest BCUT2D eigenvalue weighted by molar-refractivity contribution is 7.79. The van der Waals surface area contributed by atoms with E-state index in [0.717, 1.165) is 5.56 Å². The Morgan fingerprint density at radius 1 is 1.43 bits per heavy atom. The Bertz CT molecular complexity index is 326. The van der Waals surface area contributed by atoms with E-state index in [1.54, 1.807) is 12.1 Å². The summed E-state index contributed by atoms with van der Waals surface area (Å²) in [5.74, 6) is 0. The maximum atomic E-state index is 10.9. The number of hydrogen-bond acceptors (Lipinski definition) is 2. The summed E-state index contributed by atoms with van der Waals surface area (Å²) in [5.41, 5.74) is 0.877. The zero-order chi connectivity index (χ0) is 10.6. The first-order valence-electron chi connectivity index (χ1n) is 4.53. The molecule has 0 amide bonds. The summed E-state index contributed by atoms with van der Waals surface area (Å²) in [5, 5.41) is 3.21. The van der Waals surface area contributed by atoms with E-state index in [9.17, 15) is 4.21 Å². The molecule has 1 atom stereocenters. The van der Waals surface area contributed by atoms with Gasteiger partial charge >= 0.3 is 0 Å². The van der Waals surface area contributed by atoms with Crippen LogP contribution in [0, 0.1) is 0 Å². The lowest BCUT2D eigenvalue weighted by Gasteiger charge is -2.10. The molecule has 1 aromatic rings. The van der Waals surface area contributed by atoms with E-state index >= 15 is 0 Å². The maximum Gasteiger partial charge on any atom is 0.186 e. The average Bonchev–Trinajstić information content (AvgIpc) is 2.15. The van der Waals surface area contributed by atoms with Crippen molar-refractivity contribution >= 4 is 11.1 Å². The SMILES string of the molecule is CC(C)NCc1ccccc1S(=O)O. The van der Waals surface area contributed by atoms with Gasteiger partial charge in [0.2, 0.25) is 0 Å². The summed E-state index contributed by atoms with van der Waals surface area (Å²) >= 11 is -1.90. The van der Waals surface area contributed by atoms with E-state index in [1.807, 2.05) is 26.0 Å². The fourth-order valence-electron chi connectivity index (χ4n) is 1.13. The third-order valence-corrected chi connectivity index (χ3v) is 2.64. The normalized spacial score (nSPS) is 13.1. The van der Waals surface area contributed by atoms with Crippen molar-refractivity contribution in [3.8, 4) is 0 Å². The molecule has 0 aliphatic heterocycles. The van der Waals surface area contributed by atoms with Crippen LogP contribution in [0.2, 0.25) is 0 Å². The van der Waals surface area contributed by atoms with E-state index in [4.69, 9.17) is 4.55 Å².